The van der Waals surface area contributed by atoms with Crippen LogP contribution in [0.5, 0.6) is 0 Å². The van der Waals surface area contributed by atoms with Crippen LogP contribution in [0.15, 0.2) is 36.7 Å². The van der Waals surface area contributed by atoms with E-state index in [1.54, 1.807) is 11.0 Å². The standard InChI is InChI=1S/C25H31F2N7O2/c26-22(27)20-16-30-24(32-23(20)29-7-1-10-34-11-2-14-36-25(34)35)31-21-6-5-18(15-19(21)17-3-4-17)33-12-8-28-9-13-33/h2,5-6,14-17,22,28H,1,3-4,7-13H2,(H2,29,30,31,32). The molecule has 1 saturated carbocycles. The maximum Gasteiger partial charge on any atom is 0.414 e. The van der Waals surface area contributed by atoms with Gasteiger partial charge in [-0.3, -0.25) is 0 Å². The van der Waals surface area contributed by atoms with Crippen LogP contribution in [0.2, 0.25) is 0 Å². The third-order valence-corrected chi connectivity index (χ3v) is 6.58. The molecule has 0 radical (unpaired) electrons. The van der Waals surface area contributed by atoms with Crippen molar-refractivity contribution in [2.75, 3.05) is 61.3 Å². The first-order valence-electron chi connectivity index (χ1n) is 12.4. The van der Waals surface area contributed by atoms with Crippen LogP contribution in [0.1, 0.15) is 42.7 Å². The summed E-state index contributed by atoms with van der Waals surface area (Å²) in [6.07, 6.45) is 4.00. The number of cyclic esters (lactones) is 1. The molecule has 1 aromatic heterocycles. The lowest BCUT2D eigenvalue weighted by atomic mass is 10.1. The molecule has 36 heavy (non-hydrogen) atoms. The molecule has 0 spiro atoms. The second-order valence-corrected chi connectivity index (χ2v) is 9.19. The van der Waals surface area contributed by atoms with Crippen LogP contribution in [0, 0.1) is 0 Å². The molecular formula is C25H31F2N7O2. The van der Waals surface area contributed by atoms with Crippen LogP contribution in [0.3, 0.4) is 0 Å². The average Bonchev–Trinajstić information content (AvgIpc) is 3.74. The van der Waals surface area contributed by atoms with Crippen molar-refractivity contribution < 1.29 is 18.3 Å². The van der Waals surface area contributed by atoms with Crippen molar-refractivity contribution in [2.45, 2.75) is 31.6 Å². The fraction of sp³-hybridized carbons (Fsp3) is 0.480. The van der Waals surface area contributed by atoms with E-state index in [4.69, 9.17) is 4.74 Å². The molecule has 3 aliphatic rings. The molecule has 1 saturated heterocycles. The quantitative estimate of drug-likeness (QED) is 0.419. The molecule has 1 amide bonds. The summed E-state index contributed by atoms with van der Waals surface area (Å²) in [6.45, 7) is 5.17. The molecule has 11 heteroatoms. The third-order valence-electron chi connectivity index (χ3n) is 6.58. The second-order valence-electron chi connectivity index (χ2n) is 9.19. The van der Waals surface area contributed by atoms with E-state index in [1.807, 2.05) is 6.07 Å². The summed E-state index contributed by atoms with van der Waals surface area (Å²) in [7, 11) is 0. The van der Waals surface area contributed by atoms with Gasteiger partial charge in [0.15, 0.2) is 0 Å². The molecule has 3 N–H and O–H groups in total. The number of benzene rings is 1. The van der Waals surface area contributed by atoms with Gasteiger partial charge < -0.3 is 30.5 Å². The SMILES string of the molecule is O=C1OC=CCN1CCCNc1nc(Nc2ccc(N3CCNCC3)cc2C2CC2)ncc1C(F)F. The van der Waals surface area contributed by atoms with E-state index in [0.717, 1.165) is 44.7 Å². The van der Waals surface area contributed by atoms with Gasteiger partial charge in [-0.15, -0.1) is 0 Å². The van der Waals surface area contributed by atoms with Gasteiger partial charge in [0.25, 0.3) is 6.43 Å². The van der Waals surface area contributed by atoms with Gasteiger partial charge >= 0.3 is 6.09 Å². The number of nitrogens with zero attached hydrogens (tertiary/aromatic N) is 4. The Hall–Kier alpha value is -3.47. The van der Waals surface area contributed by atoms with Gasteiger partial charge in [-0.2, -0.15) is 4.98 Å². The van der Waals surface area contributed by atoms with Gasteiger partial charge in [0.2, 0.25) is 5.95 Å². The molecule has 2 aliphatic heterocycles. The lowest BCUT2D eigenvalue weighted by Gasteiger charge is -2.30. The smallest absolute Gasteiger partial charge is 0.414 e. The molecule has 3 heterocycles. The maximum atomic E-state index is 13.6. The zero-order valence-corrected chi connectivity index (χ0v) is 20.1. The molecule has 9 nitrogen and oxygen atoms in total. The summed E-state index contributed by atoms with van der Waals surface area (Å²) >= 11 is 0. The number of carbonyl (C=O) groups is 1. The molecule has 0 atom stereocenters. The van der Waals surface area contributed by atoms with Crippen LogP contribution in [0.4, 0.5) is 36.7 Å². The van der Waals surface area contributed by atoms with Crippen molar-refractivity contribution in [3.8, 4) is 0 Å². The largest absolute Gasteiger partial charge is 0.418 e. The first-order chi connectivity index (χ1) is 17.6. The predicted molar refractivity (Wildman–Crippen MR) is 134 cm³/mol. The number of ether oxygens (including phenoxy) is 1. The Morgan fingerprint density at radius 3 is 2.81 bits per heavy atom. The molecule has 192 valence electrons. The van der Waals surface area contributed by atoms with Crippen molar-refractivity contribution in [1.82, 2.24) is 20.2 Å². The van der Waals surface area contributed by atoms with Crippen LogP contribution in [-0.2, 0) is 4.74 Å². The summed E-state index contributed by atoms with van der Waals surface area (Å²) in [5.74, 6) is 0.849. The van der Waals surface area contributed by atoms with E-state index in [2.05, 4.69) is 43.0 Å². The Morgan fingerprint density at radius 1 is 1.22 bits per heavy atom. The Balaban J connectivity index is 1.27. The highest BCUT2D eigenvalue weighted by molar-refractivity contribution is 5.69. The number of carbonyl (C=O) groups excluding carboxylic acids is 1. The number of rotatable bonds is 10. The van der Waals surface area contributed by atoms with E-state index in [-0.39, 0.29) is 17.3 Å². The van der Waals surface area contributed by atoms with Crippen LogP contribution in [-0.4, -0.2) is 66.8 Å². The van der Waals surface area contributed by atoms with Gasteiger partial charge in [-0.05, 0) is 55.0 Å². The van der Waals surface area contributed by atoms with E-state index in [0.29, 0.717) is 32.0 Å². The predicted octanol–water partition coefficient (Wildman–Crippen LogP) is 4.21. The number of halogens is 2. The fourth-order valence-corrected chi connectivity index (χ4v) is 4.47. The number of alkyl halides is 2. The van der Waals surface area contributed by atoms with Gasteiger partial charge in [-0.25, -0.2) is 18.6 Å². The average molecular weight is 500 g/mol. The molecule has 1 aromatic carbocycles. The van der Waals surface area contributed by atoms with Gasteiger partial charge in [-0.1, -0.05) is 0 Å². The highest BCUT2D eigenvalue weighted by Gasteiger charge is 2.28. The molecular weight excluding hydrogens is 468 g/mol. The van der Waals surface area contributed by atoms with E-state index in [1.165, 1.54) is 23.7 Å². The number of hydrogen-bond donors (Lipinski definition) is 3. The molecule has 2 aromatic rings. The molecule has 0 bridgehead atoms. The number of amides is 1. The Labute approximate surface area is 208 Å². The van der Waals surface area contributed by atoms with Crippen molar-refractivity contribution in [2.24, 2.45) is 0 Å². The second kappa shape index (κ2) is 11.1. The number of anilines is 4. The first-order valence-corrected chi connectivity index (χ1v) is 12.4. The van der Waals surface area contributed by atoms with Gasteiger partial charge in [0.05, 0.1) is 11.8 Å². The minimum absolute atomic E-state index is 0.0917. The highest BCUT2D eigenvalue weighted by Crippen LogP contribution is 2.45. The van der Waals surface area contributed by atoms with Crippen molar-refractivity contribution in [1.29, 1.82) is 0 Å². The lowest BCUT2D eigenvalue weighted by Crippen LogP contribution is -2.43. The number of nitrogens with one attached hydrogen (secondary N) is 3. The van der Waals surface area contributed by atoms with Crippen LogP contribution < -0.4 is 20.9 Å². The number of piperazine rings is 1. The van der Waals surface area contributed by atoms with Crippen molar-refractivity contribution in [3.05, 3.63) is 47.9 Å². The topological polar surface area (TPSA) is 94.6 Å². The van der Waals surface area contributed by atoms with Crippen LogP contribution in [0.25, 0.3) is 0 Å². The number of aromatic nitrogens is 2. The monoisotopic (exact) mass is 499 g/mol. The zero-order chi connectivity index (χ0) is 24.9. The third kappa shape index (κ3) is 5.84. The van der Waals surface area contributed by atoms with Crippen molar-refractivity contribution in [3.63, 3.8) is 0 Å². The maximum absolute atomic E-state index is 13.6. The Bertz CT molecular complexity index is 1100. The Kier molecular flexibility index (Phi) is 7.45. The highest BCUT2D eigenvalue weighted by atomic mass is 19.3. The molecule has 2 fully saturated rings. The summed E-state index contributed by atoms with van der Waals surface area (Å²) in [5.41, 5.74) is 3.07. The summed E-state index contributed by atoms with van der Waals surface area (Å²) < 4.78 is 32.1. The molecule has 1 aliphatic carbocycles. The van der Waals surface area contributed by atoms with Gasteiger partial charge in [0, 0.05) is 63.4 Å². The first kappa shape index (κ1) is 24.2. The summed E-state index contributed by atoms with van der Waals surface area (Å²) in [5, 5.41) is 9.64. The summed E-state index contributed by atoms with van der Waals surface area (Å²) in [4.78, 5) is 24.2. The van der Waals surface area contributed by atoms with Gasteiger partial charge in [0.1, 0.15) is 5.82 Å². The minimum atomic E-state index is -2.70. The van der Waals surface area contributed by atoms with Crippen LogP contribution >= 0.6 is 0 Å². The molecule has 0 unspecified atom stereocenters. The van der Waals surface area contributed by atoms with E-state index < -0.39 is 12.5 Å². The minimum Gasteiger partial charge on any atom is -0.418 e. The fourth-order valence-electron chi connectivity index (χ4n) is 4.47. The van der Waals surface area contributed by atoms with E-state index >= 15 is 0 Å². The summed E-state index contributed by atoms with van der Waals surface area (Å²) in [6, 6.07) is 6.36. The number of hydrogen-bond acceptors (Lipinski definition) is 8. The zero-order valence-electron chi connectivity index (χ0n) is 20.1. The lowest BCUT2D eigenvalue weighted by molar-refractivity contribution is 0.133. The van der Waals surface area contributed by atoms with E-state index in [9.17, 15) is 13.6 Å². The Morgan fingerprint density at radius 2 is 2.06 bits per heavy atom. The van der Waals surface area contributed by atoms with Crippen molar-refractivity contribution >= 4 is 29.2 Å². The normalized spacial score (nSPS) is 17.9. The molecule has 5 rings (SSSR count).